The Bertz CT molecular complexity index is 1630. The molecule has 10 heteroatoms. The first-order valence-corrected chi connectivity index (χ1v) is 16.4. The van der Waals surface area contributed by atoms with E-state index in [0.717, 1.165) is 17.1 Å². The molecule has 0 aliphatic carbocycles. The fraction of sp³-hybridized carbons (Fsp3) is 0.257. The maximum Gasteiger partial charge on any atom is 0.264 e. The van der Waals surface area contributed by atoms with E-state index >= 15 is 0 Å². The Morgan fingerprint density at radius 1 is 0.822 bits per heavy atom. The van der Waals surface area contributed by atoms with Gasteiger partial charge in [0.25, 0.3) is 10.0 Å². The molecule has 0 saturated carbocycles. The molecule has 4 aromatic rings. The number of amides is 2. The average molecular weight is 632 g/mol. The number of hydrogen-bond donors (Lipinski definition) is 1. The van der Waals surface area contributed by atoms with Gasteiger partial charge in [0.15, 0.2) is 0 Å². The summed E-state index contributed by atoms with van der Waals surface area (Å²) in [7, 11) is -4.21. The van der Waals surface area contributed by atoms with Crippen LogP contribution >= 0.6 is 0 Å². The van der Waals surface area contributed by atoms with Crippen molar-refractivity contribution in [2.24, 2.45) is 0 Å². The van der Waals surface area contributed by atoms with Crippen molar-refractivity contribution in [3.63, 3.8) is 0 Å². The number of rotatable bonds is 15. The molecule has 4 rings (SSSR count). The molecule has 0 heterocycles. The van der Waals surface area contributed by atoms with Crippen molar-refractivity contribution in [3.8, 4) is 11.5 Å². The molecule has 45 heavy (non-hydrogen) atoms. The Labute approximate surface area is 264 Å². The highest BCUT2D eigenvalue weighted by atomic mass is 32.2. The molecule has 8 nitrogen and oxygen atoms in total. The molecule has 0 fully saturated rings. The number of carbonyl (C=O) groups is 2. The highest BCUT2D eigenvalue weighted by Crippen LogP contribution is 2.28. The number of ether oxygens (including phenoxy) is 1. The van der Waals surface area contributed by atoms with Gasteiger partial charge in [0, 0.05) is 13.1 Å². The zero-order valence-electron chi connectivity index (χ0n) is 25.4. The van der Waals surface area contributed by atoms with E-state index in [9.17, 15) is 22.4 Å². The highest BCUT2D eigenvalue weighted by Gasteiger charge is 2.33. The van der Waals surface area contributed by atoms with Crippen LogP contribution in [0.4, 0.5) is 10.1 Å². The first-order chi connectivity index (χ1) is 21.7. The van der Waals surface area contributed by atoms with Gasteiger partial charge in [-0.25, -0.2) is 12.8 Å². The van der Waals surface area contributed by atoms with E-state index in [1.165, 1.54) is 29.2 Å². The third-order valence-corrected chi connectivity index (χ3v) is 8.98. The summed E-state index contributed by atoms with van der Waals surface area (Å²) in [5, 5.41) is 2.89. The average Bonchev–Trinajstić information content (AvgIpc) is 3.06. The van der Waals surface area contributed by atoms with Crippen molar-refractivity contribution in [2.75, 3.05) is 17.4 Å². The predicted octanol–water partition coefficient (Wildman–Crippen LogP) is 6.54. The first kappa shape index (κ1) is 33.2. The molecule has 0 aromatic heterocycles. The molecule has 236 valence electrons. The van der Waals surface area contributed by atoms with Crippen molar-refractivity contribution in [1.82, 2.24) is 10.2 Å². The fourth-order valence-corrected chi connectivity index (χ4v) is 6.20. The topological polar surface area (TPSA) is 96.0 Å². The van der Waals surface area contributed by atoms with Crippen LogP contribution < -0.4 is 14.4 Å². The Balaban J connectivity index is 1.69. The lowest BCUT2D eigenvalue weighted by Gasteiger charge is -2.33. The van der Waals surface area contributed by atoms with Gasteiger partial charge in [-0.2, -0.15) is 0 Å². The van der Waals surface area contributed by atoms with Crippen LogP contribution in [0.2, 0.25) is 0 Å². The molecule has 4 aromatic carbocycles. The van der Waals surface area contributed by atoms with Crippen molar-refractivity contribution in [3.05, 3.63) is 121 Å². The second-order valence-electron chi connectivity index (χ2n) is 10.5. The number of hydrogen-bond acceptors (Lipinski definition) is 5. The molecule has 0 aliphatic rings. The standard InChI is InChI=1S/C35H38FN3O5S/c1-3-5-24-37-35(41)33(4-2)38(25-27-16-18-28(36)19-17-27)34(40)26-39(45(42,43)32-14-10-7-11-15-32)29-20-22-31(23-21-29)44-30-12-8-6-9-13-30/h6-23,33H,3-5,24-26H2,1-2H3,(H,37,41)/t33-/m1/s1. The largest absolute Gasteiger partial charge is 0.457 e. The molecule has 1 atom stereocenters. The lowest BCUT2D eigenvalue weighted by atomic mass is 10.1. The van der Waals surface area contributed by atoms with E-state index < -0.39 is 34.3 Å². The number of benzene rings is 4. The quantitative estimate of drug-likeness (QED) is 0.150. The maximum absolute atomic E-state index is 14.2. The summed E-state index contributed by atoms with van der Waals surface area (Å²) < 4.78 is 48.6. The first-order valence-electron chi connectivity index (χ1n) is 14.9. The summed E-state index contributed by atoms with van der Waals surface area (Å²) >= 11 is 0. The van der Waals surface area contributed by atoms with Gasteiger partial charge in [0.2, 0.25) is 11.8 Å². The highest BCUT2D eigenvalue weighted by molar-refractivity contribution is 7.92. The number of carbonyl (C=O) groups excluding carboxylic acids is 2. The van der Waals surface area contributed by atoms with Crippen molar-refractivity contribution >= 4 is 27.5 Å². The van der Waals surface area contributed by atoms with Crippen molar-refractivity contribution in [2.45, 2.75) is 50.6 Å². The van der Waals surface area contributed by atoms with Crippen LogP contribution in [0.3, 0.4) is 0 Å². The van der Waals surface area contributed by atoms with Gasteiger partial charge in [0.05, 0.1) is 10.6 Å². The van der Waals surface area contributed by atoms with Gasteiger partial charge in [-0.1, -0.05) is 68.8 Å². The molecule has 0 aliphatic heterocycles. The maximum atomic E-state index is 14.2. The summed E-state index contributed by atoms with van der Waals surface area (Å²) in [5.41, 5.74) is 0.847. The number of halogens is 1. The summed E-state index contributed by atoms with van der Waals surface area (Å²) in [4.78, 5) is 28.8. The number of unbranched alkanes of at least 4 members (excludes halogenated alkanes) is 1. The molecule has 1 N–H and O–H groups in total. The van der Waals surface area contributed by atoms with E-state index in [0.29, 0.717) is 30.0 Å². The lowest BCUT2D eigenvalue weighted by molar-refractivity contribution is -0.140. The second kappa shape index (κ2) is 15.9. The minimum atomic E-state index is -4.21. The summed E-state index contributed by atoms with van der Waals surface area (Å²) in [6, 6.07) is 28.2. The minimum absolute atomic E-state index is 0.0110. The Morgan fingerprint density at radius 3 is 2.02 bits per heavy atom. The monoisotopic (exact) mass is 631 g/mol. The van der Waals surface area contributed by atoms with Gasteiger partial charge >= 0.3 is 0 Å². The van der Waals surface area contributed by atoms with Crippen LogP contribution in [0.25, 0.3) is 0 Å². The SMILES string of the molecule is CCCCNC(=O)[C@@H](CC)N(Cc1ccc(F)cc1)C(=O)CN(c1ccc(Oc2ccccc2)cc1)S(=O)(=O)c1ccccc1. The van der Waals surface area contributed by atoms with Crippen molar-refractivity contribution in [1.29, 1.82) is 0 Å². The Kier molecular flexibility index (Phi) is 11.7. The van der Waals surface area contributed by atoms with Crippen LogP contribution in [-0.2, 0) is 26.2 Å². The molecule has 0 bridgehead atoms. The van der Waals surface area contributed by atoms with Gasteiger partial charge < -0.3 is 15.0 Å². The molecule has 0 radical (unpaired) electrons. The Hall–Kier alpha value is -4.70. The molecular formula is C35H38FN3O5S. The molecular weight excluding hydrogens is 593 g/mol. The lowest BCUT2D eigenvalue weighted by Crippen LogP contribution is -2.52. The van der Waals surface area contributed by atoms with E-state index in [4.69, 9.17) is 4.74 Å². The van der Waals surface area contributed by atoms with Gasteiger partial charge in [-0.3, -0.25) is 13.9 Å². The number of anilines is 1. The third kappa shape index (κ3) is 8.92. The van der Waals surface area contributed by atoms with E-state index in [-0.39, 0.29) is 23.0 Å². The van der Waals surface area contributed by atoms with Crippen LogP contribution in [0.15, 0.2) is 114 Å². The van der Waals surface area contributed by atoms with Gasteiger partial charge in [0.1, 0.15) is 29.9 Å². The number of sulfonamides is 1. The molecule has 0 spiro atoms. The van der Waals surface area contributed by atoms with Gasteiger partial charge in [-0.05, 0) is 79.1 Å². The minimum Gasteiger partial charge on any atom is -0.457 e. The number of nitrogens with zero attached hydrogens (tertiary/aromatic N) is 2. The molecule has 0 unspecified atom stereocenters. The van der Waals surface area contributed by atoms with Crippen molar-refractivity contribution < 1.29 is 27.1 Å². The Morgan fingerprint density at radius 2 is 1.42 bits per heavy atom. The van der Waals surface area contributed by atoms with Crippen LogP contribution in [0, 0.1) is 5.82 Å². The second-order valence-corrected chi connectivity index (χ2v) is 12.3. The van der Waals surface area contributed by atoms with Gasteiger partial charge in [-0.15, -0.1) is 0 Å². The van der Waals surface area contributed by atoms with Crippen LogP contribution in [-0.4, -0.2) is 44.3 Å². The number of para-hydroxylation sites is 1. The smallest absolute Gasteiger partial charge is 0.264 e. The normalized spacial score (nSPS) is 11.8. The summed E-state index contributed by atoms with van der Waals surface area (Å²) in [5.74, 6) is -0.238. The third-order valence-electron chi connectivity index (χ3n) is 7.20. The number of nitrogens with one attached hydrogen (secondary N) is 1. The summed E-state index contributed by atoms with van der Waals surface area (Å²) in [6.45, 7) is 3.67. The summed E-state index contributed by atoms with van der Waals surface area (Å²) in [6.07, 6.45) is 1.96. The van der Waals surface area contributed by atoms with Crippen LogP contribution in [0.5, 0.6) is 11.5 Å². The van der Waals surface area contributed by atoms with E-state index in [1.54, 1.807) is 73.7 Å². The van der Waals surface area contributed by atoms with E-state index in [1.807, 2.05) is 25.1 Å². The zero-order valence-corrected chi connectivity index (χ0v) is 26.3. The zero-order chi connectivity index (χ0) is 32.2. The molecule has 0 saturated heterocycles. The fourth-order valence-electron chi connectivity index (χ4n) is 4.77. The van der Waals surface area contributed by atoms with Crippen LogP contribution in [0.1, 0.15) is 38.7 Å². The molecule has 2 amide bonds. The predicted molar refractivity (Wildman–Crippen MR) is 173 cm³/mol. The van der Waals surface area contributed by atoms with E-state index in [2.05, 4.69) is 5.32 Å².